The van der Waals surface area contributed by atoms with Crippen molar-refractivity contribution >= 4 is 33.1 Å². The largest absolute Gasteiger partial charge is 0.497 e. The molecule has 5 heteroatoms. The van der Waals surface area contributed by atoms with Gasteiger partial charge in [-0.25, -0.2) is 0 Å². The molecule has 104 valence electrons. The molecule has 20 heavy (non-hydrogen) atoms. The van der Waals surface area contributed by atoms with E-state index in [0.29, 0.717) is 5.56 Å². The highest BCUT2D eigenvalue weighted by atomic mass is 79.9. The minimum atomic E-state index is 0.0350. The van der Waals surface area contributed by atoms with Crippen LogP contribution in [0.3, 0.4) is 0 Å². The van der Waals surface area contributed by atoms with Crippen molar-refractivity contribution in [2.75, 3.05) is 19.1 Å². The molecule has 2 aromatic carbocycles. The molecule has 0 atom stereocenters. The highest BCUT2D eigenvalue weighted by Gasteiger charge is 2.14. The van der Waals surface area contributed by atoms with Gasteiger partial charge in [-0.15, -0.1) is 0 Å². The number of hydrogen-bond donors (Lipinski definition) is 2. The van der Waals surface area contributed by atoms with Crippen molar-refractivity contribution in [3.05, 3.63) is 52.5 Å². The van der Waals surface area contributed by atoms with E-state index in [1.165, 1.54) is 0 Å². The SMILES string of the molecule is COc1ccc(N(C)c2cccc(Br)c2C(=N)N)cc1. The average Bonchev–Trinajstić information content (AvgIpc) is 2.46. The number of ether oxygens (including phenoxy) is 1. The number of nitrogens with two attached hydrogens (primary N) is 1. The molecule has 0 saturated heterocycles. The van der Waals surface area contributed by atoms with E-state index in [-0.39, 0.29) is 5.84 Å². The lowest BCUT2D eigenvalue weighted by Gasteiger charge is -2.23. The predicted molar refractivity (Wildman–Crippen MR) is 86.2 cm³/mol. The quantitative estimate of drug-likeness (QED) is 0.664. The first-order valence-electron chi connectivity index (χ1n) is 6.05. The Labute approximate surface area is 126 Å². The van der Waals surface area contributed by atoms with Gasteiger partial charge in [0.25, 0.3) is 0 Å². The average molecular weight is 334 g/mol. The molecule has 0 amide bonds. The number of anilines is 2. The fourth-order valence-corrected chi connectivity index (χ4v) is 2.57. The van der Waals surface area contributed by atoms with Crippen LogP contribution >= 0.6 is 15.9 Å². The molecule has 2 aromatic rings. The van der Waals surface area contributed by atoms with Crippen molar-refractivity contribution in [1.82, 2.24) is 0 Å². The molecule has 0 aliphatic rings. The number of benzene rings is 2. The van der Waals surface area contributed by atoms with E-state index >= 15 is 0 Å². The van der Waals surface area contributed by atoms with Crippen LogP contribution in [-0.2, 0) is 0 Å². The summed E-state index contributed by atoms with van der Waals surface area (Å²) in [5.74, 6) is 0.844. The molecule has 0 unspecified atom stereocenters. The number of methoxy groups -OCH3 is 1. The van der Waals surface area contributed by atoms with E-state index < -0.39 is 0 Å². The Morgan fingerprint density at radius 2 is 1.85 bits per heavy atom. The summed E-state index contributed by atoms with van der Waals surface area (Å²) in [6, 6.07) is 13.5. The molecule has 0 heterocycles. The Morgan fingerprint density at radius 3 is 2.40 bits per heavy atom. The van der Waals surface area contributed by atoms with Crippen molar-refractivity contribution in [3.63, 3.8) is 0 Å². The van der Waals surface area contributed by atoms with Gasteiger partial charge in [0.2, 0.25) is 0 Å². The van der Waals surface area contributed by atoms with Crippen LogP contribution in [0, 0.1) is 5.41 Å². The minimum Gasteiger partial charge on any atom is -0.497 e. The zero-order valence-electron chi connectivity index (χ0n) is 11.4. The summed E-state index contributed by atoms with van der Waals surface area (Å²) in [6.45, 7) is 0. The van der Waals surface area contributed by atoms with Crippen LogP contribution in [0.25, 0.3) is 0 Å². The highest BCUT2D eigenvalue weighted by molar-refractivity contribution is 9.10. The lowest BCUT2D eigenvalue weighted by atomic mass is 10.1. The normalized spacial score (nSPS) is 10.2. The molecule has 0 aliphatic heterocycles. The van der Waals surface area contributed by atoms with Crippen LogP contribution < -0.4 is 15.4 Å². The Kier molecular flexibility index (Phi) is 4.29. The summed E-state index contributed by atoms with van der Waals surface area (Å²) >= 11 is 3.44. The molecule has 4 nitrogen and oxygen atoms in total. The fraction of sp³-hybridized carbons (Fsp3) is 0.133. The van der Waals surface area contributed by atoms with E-state index in [1.807, 2.05) is 54.4 Å². The van der Waals surface area contributed by atoms with Crippen LogP contribution in [0.4, 0.5) is 11.4 Å². The number of halogens is 1. The molecular formula is C15H16BrN3O. The number of amidine groups is 1. The molecule has 0 aliphatic carbocycles. The van der Waals surface area contributed by atoms with Crippen molar-refractivity contribution in [2.45, 2.75) is 0 Å². The molecule has 0 spiro atoms. The molecule has 3 N–H and O–H groups in total. The molecule has 0 bridgehead atoms. The second-order valence-corrected chi connectivity index (χ2v) is 5.16. The highest BCUT2D eigenvalue weighted by Crippen LogP contribution is 2.32. The lowest BCUT2D eigenvalue weighted by molar-refractivity contribution is 0.415. The van der Waals surface area contributed by atoms with E-state index in [2.05, 4.69) is 15.9 Å². The smallest absolute Gasteiger partial charge is 0.126 e. The van der Waals surface area contributed by atoms with Crippen LogP contribution in [0.1, 0.15) is 5.56 Å². The third kappa shape index (κ3) is 2.77. The second kappa shape index (κ2) is 5.96. The lowest BCUT2D eigenvalue weighted by Crippen LogP contribution is -2.19. The molecule has 0 fully saturated rings. The third-order valence-electron chi connectivity index (χ3n) is 3.08. The number of hydrogen-bond acceptors (Lipinski definition) is 3. The first-order chi connectivity index (χ1) is 9.54. The summed E-state index contributed by atoms with van der Waals surface area (Å²) in [4.78, 5) is 1.99. The maximum absolute atomic E-state index is 7.74. The van der Waals surface area contributed by atoms with E-state index in [9.17, 15) is 0 Å². The van der Waals surface area contributed by atoms with Crippen LogP contribution in [0.2, 0.25) is 0 Å². The van der Waals surface area contributed by atoms with Gasteiger partial charge in [-0.2, -0.15) is 0 Å². The predicted octanol–water partition coefficient (Wildman–Crippen LogP) is 3.51. The Hall–Kier alpha value is -2.01. The summed E-state index contributed by atoms with van der Waals surface area (Å²) in [5.41, 5.74) is 8.23. The van der Waals surface area contributed by atoms with Crippen molar-refractivity contribution in [3.8, 4) is 5.75 Å². The van der Waals surface area contributed by atoms with Crippen molar-refractivity contribution in [2.24, 2.45) is 5.73 Å². The molecule has 0 saturated carbocycles. The Morgan fingerprint density at radius 1 is 1.20 bits per heavy atom. The van der Waals surface area contributed by atoms with Crippen molar-refractivity contribution in [1.29, 1.82) is 5.41 Å². The topological polar surface area (TPSA) is 62.3 Å². The first kappa shape index (κ1) is 14.4. The van der Waals surface area contributed by atoms with E-state index in [4.69, 9.17) is 15.9 Å². The number of nitrogen functional groups attached to an aromatic ring is 1. The van der Waals surface area contributed by atoms with Crippen LogP contribution in [0.15, 0.2) is 46.9 Å². The van der Waals surface area contributed by atoms with Gasteiger partial charge in [-0.05, 0) is 52.3 Å². The van der Waals surface area contributed by atoms with Gasteiger partial charge in [-0.1, -0.05) is 6.07 Å². The third-order valence-corrected chi connectivity index (χ3v) is 3.74. The van der Waals surface area contributed by atoms with Crippen LogP contribution in [-0.4, -0.2) is 20.0 Å². The maximum Gasteiger partial charge on any atom is 0.126 e. The zero-order valence-corrected chi connectivity index (χ0v) is 12.9. The standard InChI is InChI=1S/C15H16BrN3O/c1-19(10-6-8-11(20-2)9-7-10)13-5-3-4-12(16)14(13)15(17)18/h3-9H,1-2H3,(H3,17,18). The molecule has 0 radical (unpaired) electrons. The van der Waals surface area contributed by atoms with Gasteiger partial charge in [0, 0.05) is 17.2 Å². The van der Waals surface area contributed by atoms with E-state index in [0.717, 1.165) is 21.6 Å². The monoisotopic (exact) mass is 333 g/mol. The second-order valence-electron chi connectivity index (χ2n) is 4.30. The summed E-state index contributed by atoms with van der Waals surface area (Å²) in [6.07, 6.45) is 0. The van der Waals surface area contributed by atoms with Gasteiger partial charge >= 0.3 is 0 Å². The Balaban J connectivity index is 2.44. The van der Waals surface area contributed by atoms with Gasteiger partial charge in [0.05, 0.1) is 18.4 Å². The number of rotatable bonds is 4. The van der Waals surface area contributed by atoms with E-state index in [1.54, 1.807) is 7.11 Å². The van der Waals surface area contributed by atoms with Gasteiger partial charge < -0.3 is 15.4 Å². The fourth-order valence-electron chi connectivity index (χ4n) is 2.00. The first-order valence-corrected chi connectivity index (χ1v) is 6.84. The summed E-state index contributed by atoms with van der Waals surface area (Å²) in [7, 11) is 3.58. The molecule has 0 aromatic heterocycles. The summed E-state index contributed by atoms with van der Waals surface area (Å²) < 4.78 is 5.96. The van der Waals surface area contributed by atoms with Crippen LogP contribution in [0.5, 0.6) is 5.75 Å². The molecular weight excluding hydrogens is 318 g/mol. The summed E-state index contributed by atoms with van der Waals surface area (Å²) in [5, 5.41) is 7.74. The zero-order chi connectivity index (χ0) is 14.7. The van der Waals surface area contributed by atoms with Crippen molar-refractivity contribution < 1.29 is 4.74 Å². The molecule has 2 rings (SSSR count). The van der Waals surface area contributed by atoms with Gasteiger partial charge in [0.1, 0.15) is 11.6 Å². The minimum absolute atomic E-state index is 0.0350. The number of nitrogens with zero attached hydrogens (tertiary/aromatic N) is 1. The van der Waals surface area contributed by atoms with Gasteiger partial charge in [-0.3, -0.25) is 5.41 Å². The maximum atomic E-state index is 7.74. The Bertz CT molecular complexity index is 626. The van der Waals surface area contributed by atoms with Gasteiger partial charge in [0.15, 0.2) is 0 Å². The number of nitrogens with one attached hydrogen (secondary N) is 1.